The second kappa shape index (κ2) is 6.12. The molecule has 2 aromatic carbocycles. The van der Waals surface area contributed by atoms with Crippen molar-refractivity contribution in [2.24, 2.45) is 0 Å². The summed E-state index contributed by atoms with van der Waals surface area (Å²) in [5.41, 5.74) is 0.0588. The van der Waals surface area contributed by atoms with Gasteiger partial charge >= 0.3 is 0 Å². The maximum atomic E-state index is 13.2. The smallest absolute Gasteiger partial charge is 0.295 e. The second-order valence-corrected chi connectivity index (χ2v) is 5.27. The molecule has 23 heavy (non-hydrogen) atoms. The Kier molecular flexibility index (Phi) is 4.01. The highest BCUT2D eigenvalue weighted by molar-refractivity contribution is 5.63. The summed E-state index contributed by atoms with van der Waals surface area (Å²) in [6.07, 6.45) is -0.278. The van der Waals surface area contributed by atoms with Crippen molar-refractivity contribution in [1.29, 1.82) is 0 Å². The zero-order valence-corrected chi connectivity index (χ0v) is 12.4. The van der Waals surface area contributed by atoms with E-state index >= 15 is 0 Å². The zero-order valence-electron chi connectivity index (χ0n) is 12.4. The quantitative estimate of drug-likeness (QED) is 0.640. The molecular weight excluding hydrogens is 303 g/mol. The predicted octanol–water partition coefficient (Wildman–Crippen LogP) is 3.01. The standard InChI is InChI=1S/C16H15FN2O4/c1-18(13-7-6-11(17)8-14(13)19(20)21)9-12-10-22-15-4-2-3-5-16(15)23-12/h2-8,12H,9-10H2,1H3. The minimum absolute atomic E-state index is 0.273. The van der Waals surface area contributed by atoms with Crippen molar-refractivity contribution in [1.82, 2.24) is 0 Å². The molecule has 1 unspecified atom stereocenters. The maximum Gasteiger partial charge on any atom is 0.295 e. The highest BCUT2D eigenvalue weighted by Crippen LogP contribution is 2.32. The van der Waals surface area contributed by atoms with E-state index in [1.807, 2.05) is 24.3 Å². The Morgan fingerprint density at radius 1 is 1.30 bits per heavy atom. The molecule has 0 N–H and O–H groups in total. The van der Waals surface area contributed by atoms with Crippen LogP contribution in [0.1, 0.15) is 0 Å². The predicted molar refractivity (Wildman–Crippen MR) is 82.7 cm³/mol. The third-order valence-electron chi connectivity index (χ3n) is 3.59. The number of hydrogen-bond acceptors (Lipinski definition) is 5. The molecular formula is C16H15FN2O4. The third-order valence-corrected chi connectivity index (χ3v) is 3.59. The first kappa shape index (κ1) is 15.1. The number of nitrogens with zero attached hydrogens (tertiary/aromatic N) is 2. The van der Waals surface area contributed by atoms with Crippen LogP contribution in [0, 0.1) is 15.9 Å². The molecule has 0 aliphatic carbocycles. The first-order valence-corrected chi connectivity index (χ1v) is 7.08. The van der Waals surface area contributed by atoms with E-state index in [0.29, 0.717) is 30.3 Å². The fourth-order valence-electron chi connectivity index (χ4n) is 2.52. The number of halogens is 1. The lowest BCUT2D eigenvalue weighted by Gasteiger charge is -2.30. The van der Waals surface area contributed by atoms with Crippen LogP contribution in [0.2, 0.25) is 0 Å². The lowest BCUT2D eigenvalue weighted by molar-refractivity contribution is -0.384. The molecule has 7 heteroatoms. The molecule has 1 atom stereocenters. The largest absolute Gasteiger partial charge is 0.486 e. The summed E-state index contributed by atoms with van der Waals surface area (Å²) >= 11 is 0. The molecule has 0 saturated heterocycles. The van der Waals surface area contributed by atoms with Gasteiger partial charge in [0.1, 0.15) is 18.1 Å². The number of para-hydroxylation sites is 2. The van der Waals surface area contributed by atoms with Gasteiger partial charge < -0.3 is 14.4 Å². The molecule has 1 heterocycles. The Bertz CT molecular complexity index is 738. The minimum Gasteiger partial charge on any atom is -0.486 e. The molecule has 3 rings (SSSR count). The van der Waals surface area contributed by atoms with Crippen molar-refractivity contribution in [3.8, 4) is 11.5 Å². The summed E-state index contributed by atoms with van der Waals surface area (Å²) in [5, 5.41) is 11.1. The van der Waals surface area contributed by atoms with Crippen LogP contribution in [0.25, 0.3) is 0 Å². The number of benzene rings is 2. The Labute approximate surface area is 132 Å². The third kappa shape index (κ3) is 3.18. The summed E-state index contributed by atoms with van der Waals surface area (Å²) in [5.74, 6) is 0.685. The van der Waals surface area contributed by atoms with Crippen molar-refractivity contribution in [3.63, 3.8) is 0 Å². The number of nitro groups is 1. The Morgan fingerprint density at radius 3 is 2.78 bits per heavy atom. The summed E-state index contributed by atoms with van der Waals surface area (Å²) in [7, 11) is 1.70. The molecule has 120 valence electrons. The van der Waals surface area contributed by atoms with E-state index in [9.17, 15) is 14.5 Å². The summed E-state index contributed by atoms with van der Waals surface area (Å²) < 4.78 is 24.7. The van der Waals surface area contributed by atoms with Crippen LogP contribution >= 0.6 is 0 Å². The van der Waals surface area contributed by atoms with Crippen molar-refractivity contribution in [2.45, 2.75) is 6.10 Å². The normalized spacial score (nSPS) is 16.0. The molecule has 0 bridgehead atoms. The SMILES string of the molecule is CN(CC1COc2ccccc2O1)c1ccc(F)cc1[N+](=O)[O-]. The number of nitro benzene ring substituents is 1. The molecule has 0 aromatic heterocycles. The van der Waals surface area contributed by atoms with E-state index in [1.54, 1.807) is 11.9 Å². The summed E-state index contributed by atoms with van der Waals surface area (Å²) in [6, 6.07) is 10.8. The Hall–Kier alpha value is -2.83. The van der Waals surface area contributed by atoms with Gasteiger partial charge in [-0.05, 0) is 24.3 Å². The maximum absolute atomic E-state index is 13.2. The van der Waals surface area contributed by atoms with Gasteiger partial charge in [0.15, 0.2) is 17.6 Å². The molecule has 2 aromatic rings. The monoisotopic (exact) mass is 318 g/mol. The number of ether oxygens (including phenoxy) is 2. The highest BCUT2D eigenvalue weighted by Gasteiger charge is 2.25. The van der Waals surface area contributed by atoms with Crippen molar-refractivity contribution in [3.05, 3.63) is 58.4 Å². The van der Waals surface area contributed by atoms with Crippen molar-refractivity contribution >= 4 is 11.4 Å². The number of fused-ring (bicyclic) bond motifs is 1. The number of hydrogen-bond donors (Lipinski definition) is 0. The van der Waals surface area contributed by atoms with Crippen LogP contribution in [-0.4, -0.2) is 31.2 Å². The average Bonchev–Trinajstić information content (AvgIpc) is 2.54. The average molecular weight is 318 g/mol. The van der Waals surface area contributed by atoms with Gasteiger partial charge in [-0.25, -0.2) is 4.39 Å². The lowest BCUT2D eigenvalue weighted by atomic mass is 10.2. The van der Waals surface area contributed by atoms with Crippen LogP contribution in [0.3, 0.4) is 0 Å². The van der Waals surface area contributed by atoms with Gasteiger partial charge in [0.25, 0.3) is 5.69 Å². The van der Waals surface area contributed by atoms with Crippen LogP contribution in [0.15, 0.2) is 42.5 Å². The van der Waals surface area contributed by atoms with Gasteiger partial charge in [0.2, 0.25) is 0 Å². The first-order chi connectivity index (χ1) is 11.0. The van der Waals surface area contributed by atoms with Crippen LogP contribution in [0.5, 0.6) is 11.5 Å². The molecule has 0 spiro atoms. The fraction of sp³-hybridized carbons (Fsp3) is 0.250. The van der Waals surface area contributed by atoms with Crippen LogP contribution < -0.4 is 14.4 Å². The van der Waals surface area contributed by atoms with E-state index in [-0.39, 0.29) is 11.8 Å². The van der Waals surface area contributed by atoms with Crippen molar-refractivity contribution < 1.29 is 18.8 Å². The van der Waals surface area contributed by atoms with E-state index < -0.39 is 10.7 Å². The van der Waals surface area contributed by atoms with Gasteiger partial charge in [-0.3, -0.25) is 10.1 Å². The van der Waals surface area contributed by atoms with E-state index in [1.165, 1.54) is 12.1 Å². The van der Waals surface area contributed by atoms with E-state index in [0.717, 1.165) is 6.07 Å². The second-order valence-electron chi connectivity index (χ2n) is 5.27. The fourth-order valence-corrected chi connectivity index (χ4v) is 2.52. The lowest BCUT2D eigenvalue weighted by Crippen LogP contribution is -2.39. The molecule has 0 fully saturated rings. The molecule has 6 nitrogen and oxygen atoms in total. The number of rotatable bonds is 4. The Morgan fingerprint density at radius 2 is 2.04 bits per heavy atom. The first-order valence-electron chi connectivity index (χ1n) is 7.08. The van der Waals surface area contributed by atoms with Gasteiger partial charge in [-0.1, -0.05) is 12.1 Å². The zero-order chi connectivity index (χ0) is 16.4. The van der Waals surface area contributed by atoms with E-state index in [4.69, 9.17) is 9.47 Å². The van der Waals surface area contributed by atoms with Gasteiger partial charge in [-0.2, -0.15) is 0 Å². The molecule has 0 amide bonds. The van der Waals surface area contributed by atoms with Gasteiger partial charge in [-0.15, -0.1) is 0 Å². The molecule has 1 aliphatic rings. The molecule has 1 aliphatic heterocycles. The highest BCUT2D eigenvalue weighted by atomic mass is 19.1. The van der Waals surface area contributed by atoms with Gasteiger partial charge in [0.05, 0.1) is 17.5 Å². The summed E-state index contributed by atoms with van der Waals surface area (Å²) in [6.45, 7) is 0.719. The number of likely N-dealkylation sites (N-methyl/N-ethyl adjacent to an activating group) is 1. The van der Waals surface area contributed by atoms with Gasteiger partial charge in [0, 0.05) is 7.05 Å². The topological polar surface area (TPSA) is 64.8 Å². The Balaban J connectivity index is 1.76. The van der Waals surface area contributed by atoms with Crippen LogP contribution in [-0.2, 0) is 0 Å². The molecule has 0 saturated carbocycles. The summed E-state index contributed by atoms with van der Waals surface area (Å²) in [4.78, 5) is 12.2. The van der Waals surface area contributed by atoms with Crippen molar-refractivity contribution in [2.75, 3.05) is 25.1 Å². The minimum atomic E-state index is -0.639. The number of anilines is 1. The van der Waals surface area contributed by atoms with Crippen LogP contribution in [0.4, 0.5) is 15.8 Å². The van der Waals surface area contributed by atoms with E-state index in [2.05, 4.69) is 0 Å². The molecule has 0 radical (unpaired) electrons.